The van der Waals surface area contributed by atoms with Crippen LogP contribution in [0.25, 0.3) is 0 Å². The number of thioether (sulfide) groups is 1. The van der Waals surface area contributed by atoms with Crippen LogP contribution in [0.4, 0.5) is 5.69 Å². The predicted octanol–water partition coefficient (Wildman–Crippen LogP) is 5.01. The number of allylic oxidation sites excluding steroid dienone is 1. The Labute approximate surface area is 201 Å². The number of anilines is 1. The number of carbonyl (C=O) groups excluding carboxylic acids is 1. The van der Waals surface area contributed by atoms with E-state index < -0.39 is 6.10 Å². The summed E-state index contributed by atoms with van der Waals surface area (Å²) in [5.74, 6) is 2.21. The molecule has 174 valence electrons. The number of rotatable bonds is 11. The zero-order valence-electron chi connectivity index (χ0n) is 18.6. The number of aromatic nitrogens is 3. The van der Waals surface area contributed by atoms with Gasteiger partial charge in [0.15, 0.2) is 17.1 Å². The van der Waals surface area contributed by atoms with Crippen molar-refractivity contribution in [2.24, 2.45) is 0 Å². The standard InChI is InChI=1S/C23H25ClN4O4S/c1-5-12-28-22(15(2)32-19-9-7-6-8-17(19)24)26-27-23(28)33-14-21(29)25-18-13-16(30-3)10-11-20(18)31-4/h5-11,13,15H,1,12,14H2,2-4H3,(H,25,29). The van der Waals surface area contributed by atoms with E-state index in [-0.39, 0.29) is 11.7 Å². The van der Waals surface area contributed by atoms with Crippen molar-refractivity contribution in [1.82, 2.24) is 14.8 Å². The molecular formula is C23H25ClN4O4S. The molecule has 0 saturated carbocycles. The summed E-state index contributed by atoms with van der Waals surface area (Å²) < 4.78 is 18.4. The predicted molar refractivity (Wildman–Crippen MR) is 130 cm³/mol. The van der Waals surface area contributed by atoms with E-state index in [1.54, 1.807) is 43.5 Å². The number of amides is 1. The molecule has 0 radical (unpaired) electrons. The van der Waals surface area contributed by atoms with Gasteiger partial charge < -0.3 is 19.5 Å². The van der Waals surface area contributed by atoms with E-state index in [0.29, 0.717) is 45.5 Å². The van der Waals surface area contributed by atoms with Gasteiger partial charge in [-0.25, -0.2) is 0 Å². The van der Waals surface area contributed by atoms with Crippen LogP contribution in [0.1, 0.15) is 18.9 Å². The Morgan fingerprint density at radius 2 is 2.00 bits per heavy atom. The normalized spacial score (nSPS) is 11.5. The van der Waals surface area contributed by atoms with Crippen LogP contribution < -0.4 is 19.5 Å². The minimum atomic E-state index is -0.415. The van der Waals surface area contributed by atoms with Crippen molar-refractivity contribution in [3.8, 4) is 17.2 Å². The lowest BCUT2D eigenvalue weighted by atomic mass is 10.2. The van der Waals surface area contributed by atoms with Gasteiger partial charge in [-0.15, -0.1) is 16.8 Å². The second kappa shape index (κ2) is 11.6. The third kappa shape index (κ3) is 6.21. The van der Waals surface area contributed by atoms with E-state index >= 15 is 0 Å². The first-order chi connectivity index (χ1) is 16.0. The smallest absolute Gasteiger partial charge is 0.234 e. The summed E-state index contributed by atoms with van der Waals surface area (Å²) in [6.45, 7) is 6.14. The summed E-state index contributed by atoms with van der Waals surface area (Å²) in [4.78, 5) is 12.6. The number of nitrogens with zero attached hydrogens (tertiary/aromatic N) is 3. The van der Waals surface area contributed by atoms with Gasteiger partial charge in [-0.05, 0) is 31.2 Å². The molecule has 1 unspecified atom stereocenters. The van der Waals surface area contributed by atoms with E-state index in [1.807, 2.05) is 23.6 Å². The molecule has 0 bridgehead atoms. The molecule has 0 spiro atoms. The van der Waals surface area contributed by atoms with E-state index in [1.165, 1.54) is 18.9 Å². The topological polar surface area (TPSA) is 87.5 Å². The molecule has 10 heteroatoms. The van der Waals surface area contributed by atoms with Crippen molar-refractivity contribution in [3.05, 3.63) is 66.0 Å². The number of benzene rings is 2. The van der Waals surface area contributed by atoms with Gasteiger partial charge in [0.05, 0.1) is 30.7 Å². The third-order valence-corrected chi connectivity index (χ3v) is 5.85. The van der Waals surface area contributed by atoms with Crippen molar-refractivity contribution in [3.63, 3.8) is 0 Å². The lowest BCUT2D eigenvalue weighted by Crippen LogP contribution is -2.16. The first kappa shape index (κ1) is 24.5. The Kier molecular flexibility index (Phi) is 8.62. The first-order valence-corrected chi connectivity index (χ1v) is 11.4. The van der Waals surface area contributed by atoms with Crippen LogP contribution in [0.3, 0.4) is 0 Å². The number of hydrogen-bond donors (Lipinski definition) is 1. The van der Waals surface area contributed by atoms with Crippen LogP contribution in [0.5, 0.6) is 17.2 Å². The SMILES string of the molecule is C=CCn1c(SCC(=O)Nc2cc(OC)ccc2OC)nnc1C(C)Oc1ccccc1Cl. The Balaban J connectivity index is 1.70. The lowest BCUT2D eigenvalue weighted by molar-refractivity contribution is -0.113. The summed E-state index contributed by atoms with van der Waals surface area (Å²) in [6.07, 6.45) is 1.32. The highest BCUT2D eigenvalue weighted by atomic mass is 35.5. The molecule has 2 aromatic carbocycles. The summed E-state index contributed by atoms with van der Waals surface area (Å²) in [5.41, 5.74) is 0.525. The molecule has 0 fully saturated rings. The zero-order chi connectivity index (χ0) is 23.8. The molecule has 1 aromatic heterocycles. The summed E-state index contributed by atoms with van der Waals surface area (Å²) in [6, 6.07) is 12.4. The quantitative estimate of drug-likeness (QED) is 0.300. The average molecular weight is 489 g/mol. The van der Waals surface area contributed by atoms with Gasteiger partial charge in [0.25, 0.3) is 0 Å². The minimum absolute atomic E-state index is 0.120. The van der Waals surface area contributed by atoms with Gasteiger partial charge in [0.1, 0.15) is 17.2 Å². The van der Waals surface area contributed by atoms with Crippen molar-refractivity contribution in [2.75, 3.05) is 25.3 Å². The second-order valence-electron chi connectivity index (χ2n) is 6.83. The van der Waals surface area contributed by atoms with Crippen molar-refractivity contribution < 1.29 is 19.0 Å². The van der Waals surface area contributed by atoms with Crippen LogP contribution in [-0.2, 0) is 11.3 Å². The maximum absolute atomic E-state index is 12.6. The van der Waals surface area contributed by atoms with Crippen LogP contribution in [0.15, 0.2) is 60.3 Å². The fourth-order valence-corrected chi connectivity index (χ4v) is 3.95. The molecule has 3 rings (SSSR count). The summed E-state index contributed by atoms with van der Waals surface area (Å²) in [5, 5.41) is 12.5. The Morgan fingerprint density at radius 3 is 2.70 bits per heavy atom. The Hall–Kier alpha value is -3.17. The fourth-order valence-electron chi connectivity index (χ4n) is 3.02. The Morgan fingerprint density at radius 1 is 1.21 bits per heavy atom. The third-order valence-electron chi connectivity index (χ3n) is 4.57. The molecule has 0 aliphatic carbocycles. The number of halogens is 1. The van der Waals surface area contributed by atoms with Crippen LogP contribution in [0.2, 0.25) is 5.02 Å². The minimum Gasteiger partial charge on any atom is -0.497 e. The van der Waals surface area contributed by atoms with E-state index in [4.69, 9.17) is 25.8 Å². The molecule has 1 amide bonds. The molecule has 33 heavy (non-hydrogen) atoms. The number of carbonyl (C=O) groups is 1. The largest absolute Gasteiger partial charge is 0.497 e. The van der Waals surface area contributed by atoms with Gasteiger partial charge >= 0.3 is 0 Å². The molecule has 0 aliphatic heterocycles. The molecular weight excluding hydrogens is 464 g/mol. The highest BCUT2D eigenvalue weighted by molar-refractivity contribution is 7.99. The molecule has 1 atom stereocenters. The average Bonchev–Trinajstić information content (AvgIpc) is 3.22. The monoisotopic (exact) mass is 488 g/mol. The van der Waals surface area contributed by atoms with Gasteiger partial charge in [0.2, 0.25) is 5.91 Å². The van der Waals surface area contributed by atoms with Gasteiger partial charge in [0, 0.05) is 12.6 Å². The van der Waals surface area contributed by atoms with Crippen LogP contribution >= 0.6 is 23.4 Å². The molecule has 1 heterocycles. The molecule has 0 saturated heterocycles. The molecule has 0 aliphatic rings. The fraction of sp³-hybridized carbons (Fsp3) is 0.261. The van der Waals surface area contributed by atoms with Gasteiger partial charge in [-0.3, -0.25) is 9.36 Å². The number of hydrogen-bond acceptors (Lipinski definition) is 7. The maximum Gasteiger partial charge on any atom is 0.234 e. The van der Waals surface area contributed by atoms with E-state index in [9.17, 15) is 4.79 Å². The lowest BCUT2D eigenvalue weighted by Gasteiger charge is -2.16. The maximum atomic E-state index is 12.6. The number of ether oxygens (including phenoxy) is 3. The molecule has 1 N–H and O–H groups in total. The van der Waals surface area contributed by atoms with E-state index in [2.05, 4.69) is 22.1 Å². The number of nitrogens with one attached hydrogen (secondary N) is 1. The summed E-state index contributed by atoms with van der Waals surface area (Å²) in [7, 11) is 3.10. The van der Waals surface area contributed by atoms with Crippen molar-refractivity contribution in [1.29, 1.82) is 0 Å². The second-order valence-corrected chi connectivity index (χ2v) is 8.18. The zero-order valence-corrected chi connectivity index (χ0v) is 20.2. The highest BCUT2D eigenvalue weighted by Gasteiger charge is 2.20. The van der Waals surface area contributed by atoms with Gasteiger partial charge in [-0.1, -0.05) is 41.6 Å². The van der Waals surface area contributed by atoms with Crippen LogP contribution in [-0.4, -0.2) is 40.6 Å². The first-order valence-electron chi connectivity index (χ1n) is 10.1. The van der Waals surface area contributed by atoms with Crippen molar-refractivity contribution in [2.45, 2.75) is 24.7 Å². The molecule has 8 nitrogen and oxygen atoms in total. The van der Waals surface area contributed by atoms with Crippen LogP contribution in [0, 0.1) is 0 Å². The van der Waals surface area contributed by atoms with Crippen molar-refractivity contribution >= 4 is 35.0 Å². The molecule has 3 aromatic rings. The van der Waals surface area contributed by atoms with Gasteiger partial charge in [-0.2, -0.15) is 0 Å². The van der Waals surface area contributed by atoms with E-state index in [0.717, 1.165) is 0 Å². The number of methoxy groups -OCH3 is 2. The Bertz CT molecular complexity index is 1120. The number of para-hydroxylation sites is 1. The highest BCUT2D eigenvalue weighted by Crippen LogP contribution is 2.31. The summed E-state index contributed by atoms with van der Waals surface area (Å²) >= 11 is 7.47.